The summed E-state index contributed by atoms with van der Waals surface area (Å²) in [5.74, 6) is -6.20. The smallest absolute Gasteiger partial charge is 0.326 e. The predicted octanol–water partition coefficient (Wildman–Crippen LogP) is -3.48. The van der Waals surface area contributed by atoms with Crippen LogP contribution in [0.3, 0.4) is 0 Å². The number of nitrogens with zero attached hydrogens (tertiary/aromatic N) is 1. The van der Waals surface area contributed by atoms with Crippen molar-refractivity contribution in [2.45, 2.75) is 49.9 Å². The highest BCUT2D eigenvalue weighted by atomic mass is 16.4. The maximum Gasteiger partial charge on any atom is 0.326 e. The van der Waals surface area contributed by atoms with Crippen molar-refractivity contribution in [1.29, 1.82) is 0 Å². The number of primary amides is 2. The Morgan fingerprint density at radius 1 is 0.821 bits per heavy atom. The van der Waals surface area contributed by atoms with Crippen molar-refractivity contribution in [3.05, 3.63) is 48.0 Å². The van der Waals surface area contributed by atoms with Crippen molar-refractivity contribution in [1.82, 2.24) is 25.9 Å². The van der Waals surface area contributed by atoms with Crippen molar-refractivity contribution in [2.75, 3.05) is 0 Å². The van der Waals surface area contributed by atoms with E-state index in [0.717, 1.165) is 0 Å². The normalized spacial score (nSPS) is 13.8. The summed E-state index contributed by atoms with van der Waals surface area (Å²) < 4.78 is 0. The first kappa shape index (κ1) is 30.2. The van der Waals surface area contributed by atoms with Gasteiger partial charge in [-0.05, 0) is 24.1 Å². The van der Waals surface area contributed by atoms with Crippen LogP contribution in [0.2, 0.25) is 0 Å². The topological polar surface area (TPSA) is 286 Å². The SMILES string of the molecule is NC(=O)CC(NC(=O)C(Cc1cnc[nH]1)NC(=O)C(CC(N)=O)NC(=O)C(N)Cc1ccc(O)cc1)C(=O)O. The zero-order chi connectivity index (χ0) is 29.1. The number of carbonyl (C=O) groups excluding carboxylic acids is 5. The number of aliphatic carboxylic acids is 1. The van der Waals surface area contributed by atoms with E-state index in [2.05, 4.69) is 25.9 Å². The zero-order valence-corrected chi connectivity index (χ0v) is 20.6. The quantitative estimate of drug-likeness (QED) is 0.106. The number of rotatable bonds is 15. The largest absolute Gasteiger partial charge is 0.508 e. The minimum absolute atomic E-state index is 0.0213. The van der Waals surface area contributed by atoms with Crippen LogP contribution in [-0.2, 0) is 41.6 Å². The van der Waals surface area contributed by atoms with Crippen LogP contribution in [0.5, 0.6) is 5.75 Å². The summed E-state index contributed by atoms with van der Waals surface area (Å²) >= 11 is 0. The van der Waals surface area contributed by atoms with Crippen LogP contribution in [0.15, 0.2) is 36.8 Å². The summed E-state index contributed by atoms with van der Waals surface area (Å²) in [4.78, 5) is 79.5. The van der Waals surface area contributed by atoms with Gasteiger partial charge in [-0.25, -0.2) is 9.78 Å². The van der Waals surface area contributed by atoms with Gasteiger partial charge in [0, 0.05) is 18.3 Å². The van der Waals surface area contributed by atoms with Crippen LogP contribution < -0.4 is 33.2 Å². The van der Waals surface area contributed by atoms with Gasteiger partial charge in [0.05, 0.1) is 25.2 Å². The number of H-pyrrole nitrogens is 1. The molecule has 0 aliphatic rings. The third kappa shape index (κ3) is 10.1. The van der Waals surface area contributed by atoms with Gasteiger partial charge in [-0.2, -0.15) is 0 Å². The number of amides is 5. The number of carbonyl (C=O) groups is 6. The molecular weight excluding hydrogens is 516 g/mol. The van der Waals surface area contributed by atoms with E-state index in [-0.39, 0.29) is 18.6 Å². The van der Waals surface area contributed by atoms with Gasteiger partial charge in [0.1, 0.15) is 23.9 Å². The standard InChI is InChI=1S/C23H30N8O8/c24-14(5-11-1-3-13(32)4-2-11)20(35)29-16(7-18(25)33)22(37)30-15(6-12-9-27-10-28-12)21(36)31-17(23(38)39)8-19(26)34/h1-4,9-10,14-17,32H,5-8,24H2,(H2,25,33)(H2,26,34)(H,27,28)(H,29,35)(H,30,37)(H,31,36)(H,38,39). The fourth-order valence-corrected chi connectivity index (χ4v) is 3.44. The first-order chi connectivity index (χ1) is 18.3. The molecule has 0 saturated heterocycles. The second-order valence-corrected chi connectivity index (χ2v) is 8.62. The van der Waals surface area contributed by atoms with E-state index >= 15 is 0 Å². The zero-order valence-electron chi connectivity index (χ0n) is 20.6. The van der Waals surface area contributed by atoms with Crippen molar-refractivity contribution in [2.24, 2.45) is 17.2 Å². The van der Waals surface area contributed by atoms with Gasteiger partial charge in [0.25, 0.3) is 0 Å². The molecule has 0 aliphatic carbocycles. The Labute approximate surface area is 221 Å². The lowest BCUT2D eigenvalue weighted by Crippen LogP contribution is -2.58. The highest BCUT2D eigenvalue weighted by Gasteiger charge is 2.32. The van der Waals surface area contributed by atoms with Gasteiger partial charge in [0.2, 0.25) is 29.5 Å². The van der Waals surface area contributed by atoms with E-state index in [1.54, 1.807) is 12.1 Å². The minimum Gasteiger partial charge on any atom is -0.508 e. The van der Waals surface area contributed by atoms with E-state index < -0.39 is 72.5 Å². The van der Waals surface area contributed by atoms with Gasteiger partial charge in [-0.15, -0.1) is 0 Å². The Morgan fingerprint density at radius 2 is 1.36 bits per heavy atom. The monoisotopic (exact) mass is 546 g/mol. The number of nitrogens with one attached hydrogen (secondary N) is 4. The molecule has 2 rings (SSSR count). The fourth-order valence-electron chi connectivity index (χ4n) is 3.44. The number of benzene rings is 1. The molecule has 1 heterocycles. The molecule has 0 radical (unpaired) electrons. The Hall–Kier alpha value is -4.99. The molecule has 1 aromatic heterocycles. The Bertz CT molecular complexity index is 1190. The molecule has 4 unspecified atom stereocenters. The molecule has 210 valence electrons. The van der Waals surface area contributed by atoms with E-state index in [1.165, 1.54) is 24.7 Å². The highest BCUT2D eigenvalue weighted by Crippen LogP contribution is 2.11. The van der Waals surface area contributed by atoms with E-state index in [0.29, 0.717) is 11.3 Å². The number of aromatic amines is 1. The molecule has 0 fully saturated rings. The summed E-state index contributed by atoms with van der Waals surface area (Å²) in [7, 11) is 0. The number of phenols is 1. The number of aromatic nitrogens is 2. The van der Waals surface area contributed by atoms with E-state index in [9.17, 15) is 39.0 Å². The maximum atomic E-state index is 13.1. The molecule has 0 bridgehead atoms. The second kappa shape index (κ2) is 14.1. The summed E-state index contributed by atoms with van der Waals surface area (Å²) in [5, 5.41) is 25.5. The van der Waals surface area contributed by atoms with E-state index in [1.807, 2.05) is 0 Å². The second-order valence-electron chi connectivity index (χ2n) is 8.62. The number of aromatic hydroxyl groups is 1. The maximum absolute atomic E-state index is 13.1. The summed E-state index contributed by atoms with van der Waals surface area (Å²) in [6, 6.07) is 0.153. The van der Waals surface area contributed by atoms with Gasteiger partial charge < -0.3 is 48.3 Å². The molecule has 5 amide bonds. The number of nitrogens with two attached hydrogens (primary N) is 3. The lowest BCUT2D eigenvalue weighted by atomic mass is 10.0. The van der Waals surface area contributed by atoms with Gasteiger partial charge >= 0.3 is 5.97 Å². The number of imidazole rings is 1. The number of hydrogen-bond donors (Lipinski definition) is 9. The molecule has 39 heavy (non-hydrogen) atoms. The average Bonchev–Trinajstić information content (AvgIpc) is 3.36. The van der Waals surface area contributed by atoms with Crippen molar-refractivity contribution in [3.63, 3.8) is 0 Å². The number of carboxylic acid groups (broad SMARTS) is 1. The van der Waals surface area contributed by atoms with Crippen LogP contribution in [0.4, 0.5) is 0 Å². The van der Waals surface area contributed by atoms with Gasteiger partial charge in [-0.1, -0.05) is 12.1 Å². The minimum atomic E-state index is -1.67. The summed E-state index contributed by atoms with van der Waals surface area (Å²) in [5.41, 5.74) is 17.2. The van der Waals surface area contributed by atoms with Crippen LogP contribution in [0.25, 0.3) is 0 Å². The first-order valence-corrected chi connectivity index (χ1v) is 11.6. The molecule has 0 saturated carbocycles. The van der Waals surface area contributed by atoms with Gasteiger partial charge in [-0.3, -0.25) is 24.0 Å². The number of phenolic OH excluding ortho intramolecular Hbond substituents is 1. The van der Waals surface area contributed by atoms with Crippen molar-refractivity contribution >= 4 is 35.5 Å². The Kier molecular flexibility index (Phi) is 10.9. The van der Waals surface area contributed by atoms with Gasteiger partial charge in [0.15, 0.2) is 0 Å². The lowest BCUT2D eigenvalue weighted by Gasteiger charge is -2.24. The molecule has 4 atom stereocenters. The molecule has 16 nitrogen and oxygen atoms in total. The fraction of sp³-hybridized carbons (Fsp3) is 0.348. The molecule has 16 heteroatoms. The Morgan fingerprint density at radius 3 is 1.90 bits per heavy atom. The first-order valence-electron chi connectivity index (χ1n) is 11.6. The Balaban J connectivity index is 2.18. The predicted molar refractivity (Wildman–Crippen MR) is 133 cm³/mol. The van der Waals surface area contributed by atoms with Crippen LogP contribution >= 0.6 is 0 Å². The molecular formula is C23H30N8O8. The summed E-state index contributed by atoms with van der Waals surface area (Å²) in [6.45, 7) is 0. The molecule has 12 N–H and O–H groups in total. The van der Waals surface area contributed by atoms with Crippen molar-refractivity contribution < 1.29 is 39.0 Å². The third-order valence-corrected chi connectivity index (χ3v) is 5.40. The van der Waals surface area contributed by atoms with Crippen molar-refractivity contribution in [3.8, 4) is 5.75 Å². The number of carboxylic acids is 1. The molecule has 1 aromatic carbocycles. The average molecular weight is 547 g/mol. The molecule has 0 aliphatic heterocycles. The van der Waals surface area contributed by atoms with Crippen LogP contribution in [0.1, 0.15) is 24.1 Å². The summed E-state index contributed by atoms with van der Waals surface area (Å²) in [6.07, 6.45) is 1.17. The van der Waals surface area contributed by atoms with E-state index in [4.69, 9.17) is 17.2 Å². The molecule has 2 aromatic rings. The molecule has 0 spiro atoms. The van der Waals surface area contributed by atoms with Crippen LogP contribution in [0, 0.1) is 0 Å². The van der Waals surface area contributed by atoms with Crippen LogP contribution in [-0.4, -0.2) is 79.9 Å². The lowest BCUT2D eigenvalue weighted by molar-refractivity contribution is -0.143. The number of hydrogen-bond acceptors (Lipinski definition) is 9. The highest BCUT2D eigenvalue weighted by molar-refractivity contribution is 5.96. The third-order valence-electron chi connectivity index (χ3n) is 5.40.